The summed E-state index contributed by atoms with van der Waals surface area (Å²) >= 11 is 0. The van der Waals surface area contributed by atoms with Gasteiger partial charge in [0.15, 0.2) is 0 Å². The van der Waals surface area contributed by atoms with E-state index in [4.69, 9.17) is 0 Å². The lowest BCUT2D eigenvalue weighted by Crippen LogP contribution is -2.08. The van der Waals surface area contributed by atoms with Crippen LogP contribution in [-0.4, -0.2) is 18.5 Å². The van der Waals surface area contributed by atoms with E-state index in [1.165, 1.54) is 6.08 Å². The second-order valence-corrected chi connectivity index (χ2v) is 3.82. The summed E-state index contributed by atoms with van der Waals surface area (Å²) in [6.07, 6.45) is -1.19. The van der Waals surface area contributed by atoms with Gasteiger partial charge in [0.25, 0.3) is 5.69 Å². The van der Waals surface area contributed by atoms with Crippen molar-refractivity contribution in [1.29, 1.82) is 0 Å². The van der Waals surface area contributed by atoms with Crippen molar-refractivity contribution in [2.75, 3.05) is 13.6 Å². The van der Waals surface area contributed by atoms with E-state index in [2.05, 4.69) is 5.32 Å². The molecule has 0 heterocycles. The van der Waals surface area contributed by atoms with Gasteiger partial charge in [0.1, 0.15) is 0 Å². The zero-order chi connectivity index (χ0) is 14.5. The Morgan fingerprint density at radius 2 is 2.11 bits per heavy atom. The van der Waals surface area contributed by atoms with Crippen molar-refractivity contribution in [2.45, 2.75) is 12.6 Å². The molecule has 0 saturated carbocycles. The number of nitro groups is 1. The molecular weight excluding hydrogens is 261 g/mol. The van der Waals surface area contributed by atoms with Crippen molar-refractivity contribution in [3.8, 4) is 0 Å². The first-order chi connectivity index (χ1) is 8.86. The van der Waals surface area contributed by atoms with Crippen LogP contribution in [0.1, 0.15) is 17.5 Å². The fraction of sp³-hybridized carbons (Fsp3) is 0.333. The van der Waals surface area contributed by atoms with Crippen molar-refractivity contribution in [2.24, 2.45) is 0 Å². The smallest absolute Gasteiger partial charge is 0.319 e. The fourth-order valence-corrected chi connectivity index (χ4v) is 1.50. The highest BCUT2D eigenvalue weighted by Gasteiger charge is 2.33. The van der Waals surface area contributed by atoms with Crippen molar-refractivity contribution in [1.82, 2.24) is 5.32 Å². The van der Waals surface area contributed by atoms with E-state index < -0.39 is 16.7 Å². The van der Waals surface area contributed by atoms with Gasteiger partial charge in [0, 0.05) is 12.1 Å². The molecule has 0 amide bonds. The maximum absolute atomic E-state index is 12.7. The van der Waals surface area contributed by atoms with Gasteiger partial charge in [-0.05, 0) is 31.6 Å². The van der Waals surface area contributed by atoms with Crippen LogP contribution < -0.4 is 5.32 Å². The maximum Gasteiger partial charge on any atom is 0.416 e. The zero-order valence-corrected chi connectivity index (χ0v) is 10.2. The number of rotatable bonds is 5. The lowest BCUT2D eigenvalue weighted by atomic mass is 10.1. The van der Waals surface area contributed by atoms with Crippen LogP contribution in [0.25, 0.3) is 6.08 Å². The molecule has 1 rings (SSSR count). The number of benzene rings is 1. The normalized spacial score (nSPS) is 12.0. The summed E-state index contributed by atoms with van der Waals surface area (Å²) in [5.41, 5.74) is -1.43. The van der Waals surface area contributed by atoms with Crippen molar-refractivity contribution < 1.29 is 18.1 Å². The monoisotopic (exact) mass is 274 g/mol. The molecule has 0 spiro atoms. The molecule has 0 aromatic heterocycles. The van der Waals surface area contributed by atoms with Crippen LogP contribution >= 0.6 is 0 Å². The van der Waals surface area contributed by atoms with Crippen LogP contribution in [-0.2, 0) is 6.18 Å². The van der Waals surface area contributed by atoms with E-state index in [1.807, 2.05) is 0 Å². The molecule has 0 aliphatic rings. The molecule has 0 aliphatic heterocycles. The van der Waals surface area contributed by atoms with E-state index in [-0.39, 0.29) is 11.3 Å². The van der Waals surface area contributed by atoms with Crippen LogP contribution in [0.2, 0.25) is 0 Å². The van der Waals surface area contributed by atoms with E-state index in [0.717, 1.165) is 18.2 Å². The molecule has 104 valence electrons. The first-order valence-corrected chi connectivity index (χ1v) is 5.53. The van der Waals surface area contributed by atoms with Gasteiger partial charge in [-0.2, -0.15) is 13.2 Å². The minimum Gasteiger partial charge on any atom is -0.319 e. The Kier molecular flexibility index (Phi) is 5.05. The van der Waals surface area contributed by atoms with E-state index in [0.29, 0.717) is 13.0 Å². The standard InChI is InChI=1S/C12H13F3N2O2/c1-16-7-3-2-4-9-8-10(17(18)19)5-6-11(9)12(13,14)15/h2,4-6,8,16H,3,7H2,1H3. The number of hydrogen-bond acceptors (Lipinski definition) is 3. The Labute approximate surface area is 108 Å². The molecule has 1 aromatic rings. The Balaban J connectivity index is 3.11. The second kappa shape index (κ2) is 6.33. The lowest BCUT2D eigenvalue weighted by molar-refractivity contribution is -0.384. The van der Waals surface area contributed by atoms with Crippen molar-refractivity contribution in [3.63, 3.8) is 0 Å². The molecule has 19 heavy (non-hydrogen) atoms. The van der Waals surface area contributed by atoms with Gasteiger partial charge >= 0.3 is 6.18 Å². The lowest BCUT2D eigenvalue weighted by Gasteiger charge is -2.09. The Bertz CT molecular complexity index is 484. The van der Waals surface area contributed by atoms with Crippen LogP contribution in [0.3, 0.4) is 0 Å². The number of nitrogens with zero attached hydrogens (tertiary/aromatic N) is 1. The van der Waals surface area contributed by atoms with Gasteiger partial charge in [0.2, 0.25) is 0 Å². The summed E-state index contributed by atoms with van der Waals surface area (Å²) in [6.45, 7) is 0.618. The largest absolute Gasteiger partial charge is 0.416 e. The number of nitrogens with one attached hydrogen (secondary N) is 1. The number of halogens is 3. The number of nitro benzene ring substituents is 1. The number of non-ortho nitro benzene ring substituents is 1. The van der Waals surface area contributed by atoms with Gasteiger partial charge in [-0.15, -0.1) is 0 Å². The van der Waals surface area contributed by atoms with Crippen LogP contribution in [0.15, 0.2) is 24.3 Å². The van der Waals surface area contributed by atoms with Crippen LogP contribution in [0, 0.1) is 10.1 Å². The molecule has 0 atom stereocenters. The molecule has 1 N–H and O–H groups in total. The Morgan fingerprint density at radius 3 is 2.63 bits per heavy atom. The molecule has 0 bridgehead atoms. The third-order valence-electron chi connectivity index (χ3n) is 2.41. The Hall–Kier alpha value is -1.89. The average molecular weight is 274 g/mol. The number of alkyl halides is 3. The van der Waals surface area contributed by atoms with E-state index in [9.17, 15) is 23.3 Å². The summed E-state index contributed by atoms with van der Waals surface area (Å²) in [4.78, 5) is 9.86. The van der Waals surface area contributed by atoms with Gasteiger partial charge < -0.3 is 5.32 Å². The maximum atomic E-state index is 12.7. The Morgan fingerprint density at radius 1 is 1.42 bits per heavy atom. The average Bonchev–Trinajstić information content (AvgIpc) is 2.33. The quantitative estimate of drug-likeness (QED) is 0.509. The summed E-state index contributed by atoms with van der Waals surface area (Å²) in [7, 11) is 1.72. The van der Waals surface area contributed by atoms with E-state index in [1.54, 1.807) is 13.1 Å². The van der Waals surface area contributed by atoms with E-state index >= 15 is 0 Å². The molecule has 0 aliphatic carbocycles. The first kappa shape index (κ1) is 15.2. The van der Waals surface area contributed by atoms with Crippen molar-refractivity contribution >= 4 is 11.8 Å². The molecule has 0 radical (unpaired) electrons. The fourth-order valence-electron chi connectivity index (χ4n) is 1.50. The minimum atomic E-state index is -4.53. The topological polar surface area (TPSA) is 55.2 Å². The molecule has 0 fully saturated rings. The summed E-state index contributed by atoms with van der Waals surface area (Å²) in [6, 6.07) is 2.52. The summed E-state index contributed by atoms with van der Waals surface area (Å²) in [5, 5.41) is 13.4. The van der Waals surface area contributed by atoms with Gasteiger partial charge in [0.05, 0.1) is 10.5 Å². The third kappa shape index (κ3) is 4.36. The van der Waals surface area contributed by atoms with Gasteiger partial charge in [-0.25, -0.2) is 0 Å². The first-order valence-electron chi connectivity index (χ1n) is 5.53. The summed E-state index contributed by atoms with van der Waals surface area (Å²) < 4.78 is 38.2. The zero-order valence-electron chi connectivity index (χ0n) is 10.2. The predicted octanol–water partition coefficient (Wildman–Crippen LogP) is 3.24. The highest BCUT2D eigenvalue weighted by Crippen LogP contribution is 2.34. The molecule has 4 nitrogen and oxygen atoms in total. The number of hydrogen-bond donors (Lipinski definition) is 1. The second-order valence-electron chi connectivity index (χ2n) is 3.82. The summed E-state index contributed by atoms with van der Waals surface area (Å²) in [5.74, 6) is 0. The highest BCUT2D eigenvalue weighted by atomic mass is 19.4. The molecule has 0 saturated heterocycles. The van der Waals surface area contributed by atoms with Crippen LogP contribution in [0.5, 0.6) is 0 Å². The van der Waals surface area contributed by atoms with Crippen LogP contribution in [0.4, 0.5) is 18.9 Å². The predicted molar refractivity (Wildman–Crippen MR) is 65.7 cm³/mol. The van der Waals surface area contributed by atoms with Gasteiger partial charge in [-0.1, -0.05) is 12.2 Å². The SMILES string of the molecule is CNCCC=Cc1cc([N+](=O)[O-])ccc1C(F)(F)F. The molecular formula is C12H13F3N2O2. The van der Waals surface area contributed by atoms with Crippen molar-refractivity contribution in [3.05, 3.63) is 45.5 Å². The highest BCUT2D eigenvalue weighted by molar-refractivity contribution is 5.58. The molecule has 7 heteroatoms. The molecule has 1 aromatic carbocycles. The minimum absolute atomic E-state index is 0.196. The molecule has 0 unspecified atom stereocenters. The van der Waals surface area contributed by atoms with Gasteiger partial charge in [-0.3, -0.25) is 10.1 Å². The third-order valence-corrected chi connectivity index (χ3v) is 2.41.